The lowest BCUT2D eigenvalue weighted by molar-refractivity contribution is 0.289. The Kier molecular flexibility index (Phi) is 11.4. The summed E-state index contributed by atoms with van der Waals surface area (Å²) in [7, 11) is 7.36. The molecular weight excluding hydrogens is 459 g/mol. The van der Waals surface area contributed by atoms with E-state index in [4.69, 9.17) is 9.73 Å². The van der Waals surface area contributed by atoms with E-state index in [1.807, 2.05) is 73.5 Å². The third-order valence-electron chi connectivity index (χ3n) is 4.11. The van der Waals surface area contributed by atoms with Crippen molar-refractivity contribution in [3.05, 3.63) is 91.0 Å². The van der Waals surface area contributed by atoms with Gasteiger partial charge in [-0.1, -0.05) is 111 Å². The lowest BCUT2D eigenvalue weighted by Crippen LogP contribution is -2.11. The zero-order valence-electron chi connectivity index (χ0n) is 17.6. The summed E-state index contributed by atoms with van der Waals surface area (Å²) < 4.78 is 6.42. The minimum Gasteiger partial charge on any atom is -0.481 e. The number of aliphatic imine (C=N–C) groups is 1. The van der Waals surface area contributed by atoms with Crippen LogP contribution in [-0.2, 0) is 4.74 Å². The van der Waals surface area contributed by atoms with Crippen LogP contribution in [0.1, 0.15) is 26.2 Å². The first kappa shape index (κ1) is 24.2. The average molecular weight is 486 g/mol. The highest BCUT2D eigenvalue weighted by Gasteiger charge is 2.17. The van der Waals surface area contributed by atoms with E-state index >= 15 is 0 Å². The molecule has 0 saturated carbocycles. The largest absolute Gasteiger partial charge is 0.481 e. The first-order valence-electron chi connectivity index (χ1n) is 10.4. The first-order chi connectivity index (χ1) is 15.3. The van der Waals surface area contributed by atoms with Crippen molar-refractivity contribution in [2.45, 2.75) is 40.6 Å². The van der Waals surface area contributed by atoms with Crippen molar-refractivity contribution < 1.29 is 4.74 Å². The van der Waals surface area contributed by atoms with Crippen LogP contribution in [0.25, 0.3) is 0 Å². The highest BCUT2D eigenvalue weighted by atomic mass is 33.1. The number of hydrogen-bond donors (Lipinski definition) is 0. The molecule has 3 rings (SSSR count). The van der Waals surface area contributed by atoms with Crippen LogP contribution in [0.5, 0.6) is 0 Å². The summed E-state index contributed by atoms with van der Waals surface area (Å²) in [6.07, 6.45) is 2.92. The topological polar surface area (TPSA) is 21.6 Å². The summed E-state index contributed by atoms with van der Waals surface area (Å²) in [5.74, 6) is 0.812. The van der Waals surface area contributed by atoms with E-state index in [1.54, 1.807) is 0 Å². The number of rotatable bonds is 12. The molecule has 3 aromatic rings. The maximum Gasteiger partial charge on any atom is 0.190 e. The van der Waals surface area contributed by atoms with Gasteiger partial charge in [0.05, 0.1) is 16.9 Å². The van der Waals surface area contributed by atoms with Crippen molar-refractivity contribution in [3.63, 3.8) is 0 Å². The van der Waals surface area contributed by atoms with Gasteiger partial charge in [-0.15, -0.1) is 0 Å². The molecular formula is C25H27NOS4. The molecule has 0 aliphatic carbocycles. The van der Waals surface area contributed by atoms with Crippen LogP contribution in [0.2, 0.25) is 0 Å². The number of benzene rings is 3. The molecule has 0 aromatic heterocycles. The Morgan fingerprint density at radius 1 is 0.774 bits per heavy atom. The number of ether oxygens (including phenoxy) is 1. The van der Waals surface area contributed by atoms with Crippen molar-refractivity contribution in [2.75, 3.05) is 6.61 Å². The third-order valence-corrected chi connectivity index (χ3v) is 10.4. The van der Waals surface area contributed by atoms with E-state index in [1.165, 1.54) is 9.79 Å². The van der Waals surface area contributed by atoms with Crippen LogP contribution in [0.4, 0.5) is 5.69 Å². The van der Waals surface area contributed by atoms with E-state index in [0.717, 1.165) is 30.8 Å². The normalized spacial score (nSPS) is 11.6. The maximum absolute atomic E-state index is 6.13. The minimum absolute atomic E-state index is 0.291. The van der Waals surface area contributed by atoms with Crippen molar-refractivity contribution >= 4 is 54.8 Å². The van der Waals surface area contributed by atoms with E-state index in [0.29, 0.717) is 11.2 Å². The van der Waals surface area contributed by atoms with E-state index in [9.17, 15) is 0 Å². The molecule has 0 N–H and O–H groups in total. The van der Waals surface area contributed by atoms with Crippen LogP contribution in [0, 0.1) is 0 Å². The number of unbranched alkanes of at least 4 members (excludes halogenated alkanes) is 1. The van der Waals surface area contributed by atoms with Crippen LogP contribution >= 0.6 is 43.2 Å². The Balaban J connectivity index is 1.70. The first-order valence-corrected chi connectivity index (χ1v) is 14.8. The predicted octanol–water partition coefficient (Wildman–Crippen LogP) is 9.13. The second kappa shape index (κ2) is 14.6. The van der Waals surface area contributed by atoms with Crippen LogP contribution in [-0.4, -0.2) is 17.1 Å². The van der Waals surface area contributed by atoms with Gasteiger partial charge in [0.25, 0.3) is 0 Å². The van der Waals surface area contributed by atoms with Crippen LogP contribution in [0.15, 0.2) is 106 Å². The lowest BCUT2D eigenvalue weighted by Gasteiger charge is -2.17. The molecule has 0 atom stereocenters. The van der Waals surface area contributed by atoms with Gasteiger partial charge in [0, 0.05) is 16.2 Å². The summed E-state index contributed by atoms with van der Waals surface area (Å²) in [5.41, 5.74) is 0.939. The standard InChI is InChI=1S/C25H27NOS4/c1-2-3-19-27-24(26-21-13-7-4-8-14-21)20-25(30-28-22-15-9-5-10-16-22)31-29-23-17-11-6-12-18-23/h4-18,25H,2-3,19-20H2,1H3/b26-24-. The van der Waals surface area contributed by atoms with Gasteiger partial charge < -0.3 is 4.74 Å². The number of nitrogens with zero attached hydrogens (tertiary/aromatic N) is 1. The molecule has 0 bridgehead atoms. The average Bonchev–Trinajstić information content (AvgIpc) is 2.83. The smallest absolute Gasteiger partial charge is 0.190 e. The summed E-state index contributed by atoms with van der Waals surface area (Å²) in [4.78, 5) is 7.35. The van der Waals surface area contributed by atoms with E-state index < -0.39 is 0 Å². The fourth-order valence-corrected chi connectivity index (χ4v) is 8.29. The second-order valence-electron chi connectivity index (χ2n) is 6.66. The van der Waals surface area contributed by atoms with Crippen molar-refractivity contribution in [1.82, 2.24) is 0 Å². The highest BCUT2D eigenvalue weighted by molar-refractivity contribution is 8.85. The molecule has 31 heavy (non-hydrogen) atoms. The molecule has 0 heterocycles. The van der Waals surface area contributed by atoms with Crippen molar-refractivity contribution in [2.24, 2.45) is 4.99 Å². The van der Waals surface area contributed by atoms with E-state index in [-0.39, 0.29) is 0 Å². The van der Waals surface area contributed by atoms with Crippen LogP contribution in [0.3, 0.4) is 0 Å². The Labute approximate surface area is 201 Å². The Morgan fingerprint density at radius 3 is 1.81 bits per heavy atom. The Morgan fingerprint density at radius 2 is 1.29 bits per heavy atom. The number of para-hydroxylation sites is 1. The highest BCUT2D eigenvalue weighted by Crippen LogP contribution is 2.47. The fourth-order valence-electron chi connectivity index (χ4n) is 2.51. The van der Waals surface area contributed by atoms with Crippen molar-refractivity contribution in [1.29, 1.82) is 0 Å². The fraction of sp³-hybridized carbons (Fsp3) is 0.240. The zero-order chi connectivity index (χ0) is 21.6. The van der Waals surface area contributed by atoms with Gasteiger partial charge in [-0.25, -0.2) is 4.99 Å². The summed E-state index contributed by atoms with van der Waals surface area (Å²) in [6, 6.07) is 31.1. The molecule has 0 aliphatic rings. The molecule has 0 radical (unpaired) electrons. The Hall–Kier alpha value is -1.47. The van der Waals surface area contributed by atoms with Gasteiger partial charge in [-0.2, -0.15) is 0 Å². The van der Waals surface area contributed by atoms with E-state index in [2.05, 4.69) is 67.6 Å². The molecule has 0 fully saturated rings. The summed E-state index contributed by atoms with van der Waals surface area (Å²) in [6.45, 7) is 2.89. The van der Waals surface area contributed by atoms with Gasteiger partial charge in [-0.3, -0.25) is 0 Å². The van der Waals surface area contributed by atoms with Gasteiger partial charge >= 0.3 is 0 Å². The molecule has 0 spiro atoms. The minimum atomic E-state index is 0.291. The zero-order valence-corrected chi connectivity index (χ0v) is 20.8. The maximum atomic E-state index is 6.13. The molecule has 0 unspecified atom stereocenters. The quantitative estimate of drug-likeness (QED) is 0.0836. The molecule has 0 amide bonds. The number of hydrogen-bond acceptors (Lipinski definition) is 6. The lowest BCUT2D eigenvalue weighted by atomic mass is 10.3. The molecule has 3 aromatic carbocycles. The molecule has 6 heteroatoms. The van der Waals surface area contributed by atoms with Gasteiger partial charge in [0.2, 0.25) is 0 Å². The van der Waals surface area contributed by atoms with Gasteiger partial charge in [0.15, 0.2) is 5.90 Å². The molecule has 0 saturated heterocycles. The SMILES string of the molecule is CCCCO/C(CC(SSc1ccccc1)SSc1ccccc1)=N\c1ccccc1. The molecule has 0 aliphatic heterocycles. The third kappa shape index (κ3) is 9.69. The van der Waals surface area contributed by atoms with Gasteiger partial charge in [0.1, 0.15) is 0 Å². The predicted molar refractivity (Wildman–Crippen MR) is 143 cm³/mol. The summed E-state index contributed by atoms with van der Waals surface area (Å²) >= 11 is 0. The Bertz CT molecular complexity index is 848. The van der Waals surface area contributed by atoms with Crippen LogP contribution < -0.4 is 0 Å². The molecule has 2 nitrogen and oxygen atoms in total. The monoisotopic (exact) mass is 485 g/mol. The second-order valence-corrected chi connectivity index (χ2v) is 11.9. The summed E-state index contributed by atoms with van der Waals surface area (Å²) in [5, 5.41) is 0. The molecule has 162 valence electrons. The van der Waals surface area contributed by atoms with Crippen molar-refractivity contribution in [3.8, 4) is 0 Å². The van der Waals surface area contributed by atoms with Gasteiger partial charge in [-0.05, 0) is 42.8 Å².